The number of carbonyl (C=O) groups excluding carboxylic acids is 1. The zero-order chi connectivity index (χ0) is 11.7. The van der Waals surface area contributed by atoms with Gasteiger partial charge in [-0.25, -0.2) is 0 Å². The van der Waals surface area contributed by atoms with Gasteiger partial charge in [-0.1, -0.05) is 6.92 Å². The average Bonchev–Trinajstić information content (AvgIpc) is 2.55. The third kappa shape index (κ3) is 2.13. The molecule has 3 heteroatoms. The summed E-state index contributed by atoms with van der Waals surface area (Å²) >= 11 is 0. The van der Waals surface area contributed by atoms with Crippen molar-refractivity contribution in [3.05, 3.63) is 0 Å². The van der Waals surface area contributed by atoms with E-state index >= 15 is 0 Å². The summed E-state index contributed by atoms with van der Waals surface area (Å²) in [5.74, 6) is 0.458. The molecule has 1 heterocycles. The maximum Gasteiger partial charge on any atom is 0.181 e. The highest BCUT2D eigenvalue weighted by Crippen LogP contribution is 2.25. The lowest BCUT2D eigenvalue weighted by atomic mass is 10.00. The first-order valence-electron chi connectivity index (χ1n) is 6.49. The van der Waals surface area contributed by atoms with E-state index in [2.05, 4.69) is 24.0 Å². The van der Waals surface area contributed by atoms with Crippen molar-refractivity contribution in [3.63, 3.8) is 0 Å². The maximum absolute atomic E-state index is 11.8. The normalized spacial score (nSPS) is 38.4. The van der Waals surface area contributed by atoms with Crippen molar-refractivity contribution < 1.29 is 4.79 Å². The van der Waals surface area contributed by atoms with Crippen molar-refractivity contribution >= 4 is 11.5 Å². The van der Waals surface area contributed by atoms with Crippen molar-refractivity contribution in [1.82, 2.24) is 5.01 Å². The Balaban J connectivity index is 2.12. The highest BCUT2D eigenvalue weighted by Gasteiger charge is 2.30. The van der Waals surface area contributed by atoms with Crippen molar-refractivity contribution in [2.75, 3.05) is 0 Å². The van der Waals surface area contributed by atoms with Gasteiger partial charge in [0.25, 0.3) is 0 Å². The monoisotopic (exact) mass is 222 g/mol. The van der Waals surface area contributed by atoms with Crippen LogP contribution in [0.15, 0.2) is 5.10 Å². The summed E-state index contributed by atoms with van der Waals surface area (Å²) in [7, 11) is 0. The van der Waals surface area contributed by atoms with E-state index in [1.165, 1.54) is 19.3 Å². The van der Waals surface area contributed by atoms with Gasteiger partial charge in [0.05, 0.1) is 0 Å². The smallest absolute Gasteiger partial charge is 0.181 e. The first-order valence-corrected chi connectivity index (χ1v) is 6.49. The SMILES string of the molecule is CC1CCC(=NN2C(C)CCCC2C)C1=O. The van der Waals surface area contributed by atoms with Gasteiger partial charge in [-0.3, -0.25) is 9.80 Å². The summed E-state index contributed by atoms with van der Waals surface area (Å²) in [6, 6.07) is 0.972. The number of hydrazone groups is 1. The number of carbonyl (C=O) groups is 1. The van der Waals surface area contributed by atoms with Gasteiger partial charge in [-0.15, -0.1) is 0 Å². The molecule has 2 aliphatic rings. The molecule has 0 N–H and O–H groups in total. The fourth-order valence-corrected chi connectivity index (χ4v) is 2.74. The van der Waals surface area contributed by atoms with Crippen LogP contribution in [-0.2, 0) is 4.79 Å². The Morgan fingerprint density at radius 2 is 1.75 bits per heavy atom. The second-order valence-electron chi connectivity index (χ2n) is 5.36. The molecule has 0 aromatic rings. The molecule has 2 fully saturated rings. The Labute approximate surface area is 97.9 Å². The third-order valence-corrected chi connectivity index (χ3v) is 3.93. The molecular weight excluding hydrogens is 200 g/mol. The first-order chi connectivity index (χ1) is 7.59. The second kappa shape index (κ2) is 4.56. The molecule has 3 atom stereocenters. The number of nitrogens with zero attached hydrogens (tertiary/aromatic N) is 2. The van der Waals surface area contributed by atoms with Crippen LogP contribution in [0.1, 0.15) is 52.9 Å². The molecule has 2 rings (SSSR count). The number of rotatable bonds is 1. The molecule has 1 saturated heterocycles. The van der Waals surface area contributed by atoms with Gasteiger partial charge in [-0.2, -0.15) is 5.10 Å². The number of ketones is 1. The minimum absolute atomic E-state index is 0.189. The lowest BCUT2D eigenvalue weighted by molar-refractivity contribution is -0.115. The highest BCUT2D eigenvalue weighted by molar-refractivity contribution is 6.42. The third-order valence-electron chi connectivity index (χ3n) is 3.93. The van der Waals surface area contributed by atoms with E-state index < -0.39 is 0 Å². The van der Waals surface area contributed by atoms with Gasteiger partial charge in [0, 0.05) is 18.0 Å². The van der Waals surface area contributed by atoms with E-state index in [0.717, 1.165) is 18.6 Å². The Kier molecular flexibility index (Phi) is 3.31. The number of Topliss-reactive ketones (excluding diaryl/α,β-unsaturated/α-hetero) is 1. The molecule has 0 aromatic heterocycles. The predicted octanol–water partition coefficient (Wildman–Crippen LogP) is 2.60. The number of hydrogen-bond acceptors (Lipinski definition) is 3. The van der Waals surface area contributed by atoms with Crippen molar-refractivity contribution in [3.8, 4) is 0 Å². The minimum atomic E-state index is 0.189. The van der Waals surface area contributed by atoms with Crippen LogP contribution < -0.4 is 0 Å². The van der Waals surface area contributed by atoms with Crippen LogP contribution in [0.25, 0.3) is 0 Å². The van der Waals surface area contributed by atoms with Gasteiger partial charge in [0.15, 0.2) is 5.78 Å². The van der Waals surface area contributed by atoms with E-state index in [1.54, 1.807) is 0 Å². The van der Waals surface area contributed by atoms with Gasteiger partial charge < -0.3 is 0 Å². The molecule has 0 aromatic carbocycles. The molecule has 3 unspecified atom stereocenters. The van der Waals surface area contributed by atoms with Crippen molar-refractivity contribution in [1.29, 1.82) is 0 Å². The molecule has 1 aliphatic carbocycles. The number of piperidine rings is 1. The molecule has 0 bridgehead atoms. The summed E-state index contributed by atoms with van der Waals surface area (Å²) in [5.41, 5.74) is 0.813. The summed E-state index contributed by atoms with van der Waals surface area (Å²) in [6.07, 6.45) is 5.54. The van der Waals surface area contributed by atoms with Gasteiger partial charge >= 0.3 is 0 Å². The van der Waals surface area contributed by atoms with Crippen molar-refractivity contribution in [2.24, 2.45) is 11.0 Å². The molecule has 1 saturated carbocycles. The fraction of sp³-hybridized carbons (Fsp3) is 0.846. The molecule has 1 aliphatic heterocycles. The van der Waals surface area contributed by atoms with Gasteiger partial charge in [-0.05, 0) is 46.0 Å². The van der Waals surface area contributed by atoms with Gasteiger partial charge in [0.2, 0.25) is 0 Å². The average molecular weight is 222 g/mol. The summed E-state index contributed by atoms with van der Waals surface area (Å²) in [4.78, 5) is 11.8. The van der Waals surface area contributed by atoms with Crippen LogP contribution in [0.2, 0.25) is 0 Å². The first kappa shape index (κ1) is 11.6. The van der Waals surface area contributed by atoms with Crippen LogP contribution in [0.3, 0.4) is 0 Å². The van der Waals surface area contributed by atoms with Crippen LogP contribution in [0, 0.1) is 5.92 Å². The second-order valence-corrected chi connectivity index (χ2v) is 5.36. The Morgan fingerprint density at radius 3 is 2.25 bits per heavy atom. The Morgan fingerprint density at radius 1 is 1.12 bits per heavy atom. The van der Waals surface area contributed by atoms with Crippen LogP contribution in [0.5, 0.6) is 0 Å². The predicted molar refractivity (Wildman–Crippen MR) is 65.5 cm³/mol. The molecule has 16 heavy (non-hydrogen) atoms. The zero-order valence-electron chi connectivity index (χ0n) is 10.6. The van der Waals surface area contributed by atoms with Crippen LogP contribution >= 0.6 is 0 Å². The van der Waals surface area contributed by atoms with Crippen LogP contribution in [-0.4, -0.2) is 28.6 Å². The van der Waals surface area contributed by atoms with Crippen molar-refractivity contribution in [2.45, 2.75) is 65.0 Å². The lowest BCUT2D eigenvalue weighted by Crippen LogP contribution is -2.40. The molecule has 0 radical (unpaired) electrons. The quantitative estimate of drug-likeness (QED) is 0.683. The molecular formula is C13H22N2O. The van der Waals surface area contributed by atoms with E-state index in [-0.39, 0.29) is 11.7 Å². The summed E-state index contributed by atoms with van der Waals surface area (Å²) < 4.78 is 0. The minimum Gasteiger partial charge on any atom is -0.292 e. The molecule has 3 nitrogen and oxygen atoms in total. The molecule has 0 spiro atoms. The maximum atomic E-state index is 11.8. The van der Waals surface area contributed by atoms with Crippen LogP contribution in [0.4, 0.5) is 0 Å². The Hall–Kier alpha value is -0.860. The standard InChI is InChI=1S/C13H22N2O/c1-9-7-8-12(13(9)16)14-15-10(2)5-4-6-11(15)3/h9-11H,4-8H2,1-3H3. The number of hydrogen-bond donors (Lipinski definition) is 0. The lowest BCUT2D eigenvalue weighted by Gasteiger charge is -2.37. The Bertz CT molecular complexity index is 301. The van der Waals surface area contributed by atoms with E-state index in [1.807, 2.05) is 6.92 Å². The van der Waals surface area contributed by atoms with Gasteiger partial charge in [0.1, 0.15) is 5.71 Å². The largest absolute Gasteiger partial charge is 0.292 e. The fourth-order valence-electron chi connectivity index (χ4n) is 2.74. The summed E-state index contributed by atoms with van der Waals surface area (Å²) in [5, 5.41) is 6.79. The summed E-state index contributed by atoms with van der Waals surface area (Å²) in [6.45, 7) is 6.43. The van der Waals surface area contributed by atoms with E-state index in [0.29, 0.717) is 12.1 Å². The zero-order valence-corrected chi connectivity index (χ0v) is 10.6. The molecule has 0 amide bonds. The van der Waals surface area contributed by atoms with E-state index in [4.69, 9.17) is 0 Å². The topological polar surface area (TPSA) is 32.7 Å². The van der Waals surface area contributed by atoms with E-state index in [9.17, 15) is 4.79 Å². The highest BCUT2D eigenvalue weighted by atomic mass is 16.1. The molecule has 90 valence electrons.